The van der Waals surface area contributed by atoms with Crippen molar-refractivity contribution in [2.75, 3.05) is 0 Å². The molecule has 0 amide bonds. The third-order valence-corrected chi connectivity index (χ3v) is 1.97. The lowest BCUT2D eigenvalue weighted by molar-refractivity contribution is -0.118. The Morgan fingerprint density at radius 3 is 3.14 bits per heavy atom. The second-order valence-corrected chi connectivity index (χ2v) is 2.99. The normalized spacial score (nSPS) is 10.6. The monoisotopic (exact) mass is 190 g/mol. The van der Waals surface area contributed by atoms with Crippen LogP contribution in [0.1, 0.15) is 19.2 Å². The predicted molar refractivity (Wildman–Crippen MR) is 50.7 cm³/mol. The molecule has 2 rings (SSSR count). The first-order valence-electron chi connectivity index (χ1n) is 4.46. The summed E-state index contributed by atoms with van der Waals surface area (Å²) < 4.78 is 0. The first kappa shape index (κ1) is 8.80. The second kappa shape index (κ2) is 3.53. The average molecular weight is 190 g/mol. The molecule has 5 nitrogen and oxygen atoms in total. The van der Waals surface area contributed by atoms with E-state index in [1.165, 1.54) is 0 Å². The molecule has 0 aliphatic rings. The van der Waals surface area contributed by atoms with Crippen LogP contribution in [0.25, 0.3) is 11.2 Å². The van der Waals surface area contributed by atoms with Gasteiger partial charge in [-0.05, 0) is 0 Å². The fourth-order valence-electron chi connectivity index (χ4n) is 1.16. The summed E-state index contributed by atoms with van der Waals surface area (Å²) in [5.41, 5.74) is 1.40. The van der Waals surface area contributed by atoms with Crippen LogP contribution in [0, 0.1) is 0 Å². The number of aromatic nitrogens is 4. The van der Waals surface area contributed by atoms with Crippen LogP contribution in [0.15, 0.2) is 12.5 Å². The topological polar surface area (TPSA) is 71.5 Å². The Kier molecular flexibility index (Phi) is 2.22. The van der Waals surface area contributed by atoms with Crippen LogP contribution in [0.2, 0.25) is 0 Å². The summed E-state index contributed by atoms with van der Waals surface area (Å²) in [6.07, 6.45) is 4.00. The summed E-state index contributed by atoms with van der Waals surface area (Å²) in [6.45, 7) is 1.83. The van der Waals surface area contributed by atoms with E-state index >= 15 is 0 Å². The molecule has 14 heavy (non-hydrogen) atoms. The van der Waals surface area contributed by atoms with E-state index in [0.29, 0.717) is 24.3 Å². The third kappa shape index (κ3) is 1.61. The SMILES string of the molecule is CCC(=O)Cc1ncc2nc[nH]c2n1. The molecular weight excluding hydrogens is 180 g/mol. The maximum Gasteiger partial charge on any atom is 0.160 e. The maximum absolute atomic E-state index is 11.1. The predicted octanol–water partition coefficient (Wildman–Crippen LogP) is 0.874. The number of nitrogens with one attached hydrogen (secondary N) is 1. The fraction of sp³-hybridized carbons (Fsp3) is 0.333. The number of rotatable bonds is 3. The summed E-state index contributed by atoms with van der Waals surface area (Å²) in [6, 6.07) is 0. The van der Waals surface area contributed by atoms with Gasteiger partial charge in [-0.2, -0.15) is 0 Å². The van der Waals surface area contributed by atoms with Gasteiger partial charge < -0.3 is 4.98 Å². The fourth-order valence-corrected chi connectivity index (χ4v) is 1.16. The van der Waals surface area contributed by atoms with Gasteiger partial charge in [0.05, 0.1) is 18.9 Å². The molecule has 1 N–H and O–H groups in total. The minimum atomic E-state index is 0.142. The summed E-state index contributed by atoms with van der Waals surface area (Å²) in [5.74, 6) is 0.692. The van der Waals surface area contributed by atoms with Gasteiger partial charge in [0.25, 0.3) is 0 Å². The minimum absolute atomic E-state index is 0.142. The molecule has 72 valence electrons. The molecule has 0 radical (unpaired) electrons. The zero-order valence-corrected chi connectivity index (χ0v) is 7.82. The summed E-state index contributed by atoms with van der Waals surface area (Å²) in [4.78, 5) is 26.2. The third-order valence-electron chi connectivity index (χ3n) is 1.97. The number of nitrogens with zero attached hydrogens (tertiary/aromatic N) is 3. The van der Waals surface area contributed by atoms with Crippen LogP contribution in [-0.4, -0.2) is 25.7 Å². The number of carbonyl (C=O) groups is 1. The number of imidazole rings is 1. The standard InChI is InChI=1S/C9H10N4O/c1-2-6(14)3-8-10-4-7-9(13-8)12-5-11-7/h4-5H,2-3H2,1H3,(H,10,11,12,13). The minimum Gasteiger partial charge on any atom is -0.329 e. The van der Waals surface area contributed by atoms with Gasteiger partial charge in [-0.25, -0.2) is 15.0 Å². The van der Waals surface area contributed by atoms with Crippen molar-refractivity contribution in [3.8, 4) is 0 Å². The molecule has 0 fully saturated rings. The molecular formula is C9H10N4O. The zero-order chi connectivity index (χ0) is 9.97. The van der Waals surface area contributed by atoms with Crippen LogP contribution in [0.3, 0.4) is 0 Å². The second-order valence-electron chi connectivity index (χ2n) is 2.99. The maximum atomic E-state index is 11.1. The highest BCUT2D eigenvalue weighted by molar-refractivity contribution is 5.80. The molecule has 0 saturated heterocycles. The highest BCUT2D eigenvalue weighted by Gasteiger charge is 2.05. The molecule has 2 aromatic rings. The first-order chi connectivity index (χ1) is 6.79. The highest BCUT2D eigenvalue weighted by Crippen LogP contribution is 2.04. The number of aromatic amines is 1. The molecule has 5 heteroatoms. The molecule has 0 spiro atoms. The molecule has 2 heterocycles. The summed E-state index contributed by atoms with van der Waals surface area (Å²) >= 11 is 0. The number of fused-ring (bicyclic) bond motifs is 1. The lowest BCUT2D eigenvalue weighted by Gasteiger charge is -1.96. The number of ketones is 1. The lowest BCUT2D eigenvalue weighted by Crippen LogP contribution is -2.04. The van der Waals surface area contributed by atoms with Crippen LogP contribution in [0.4, 0.5) is 0 Å². The van der Waals surface area contributed by atoms with Crippen molar-refractivity contribution < 1.29 is 4.79 Å². The lowest BCUT2D eigenvalue weighted by atomic mass is 10.2. The van der Waals surface area contributed by atoms with E-state index in [-0.39, 0.29) is 5.78 Å². The van der Waals surface area contributed by atoms with E-state index in [2.05, 4.69) is 19.9 Å². The molecule has 0 aliphatic carbocycles. The van der Waals surface area contributed by atoms with Crippen molar-refractivity contribution in [3.05, 3.63) is 18.3 Å². The van der Waals surface area contributed by atoms with E-state index in [1.807, 2.05) is 6.92 Å². The quantitative estimate of drug-likeness (QED) is 0.779. The van der Waals surface area contributed by atoms with Crippen molar-refractivity contribution in [1.82, 2.24) is 19.9 Å². The number of hydrogen-bond donors (Lipinski definition) is 1. The van der Waals surface area contributed by atoms with Gasteiger partial charge in [-0.15, -0.1) is 0 Å². The molecule has 0 atom stereocenters. The molecule has 0 aromatic carbocycles. The van der Waals surface area contributed by atoms with Gasteiger partial charge in [0.15, 0.2) is 5.65 Å². The van der Waals surface area contributed by atoms with E-state index < -0.39 is 0 Å². The molecule has 0 unspecified atom stereocenters. The average Bonchev–Trinajstić information content (AvgIpc) is 2.64. The number of H-pyrrole nitrogens is 1. The summed E-state index contributed by atoms with van der Waals surface area (Å²) in [7, 11) is 0. The summed E-state index contributed by atoms with van der Waals surface area (Å²) in [5, 5.41) is 0. The Balaban J connectivity index is 2.30. The van der Waals surface area contributed by atoms with Gasteiger partial charge in [0.1, 0.15) is 17.1 Å². The van der Waals surface area contributed by atoms with Crippen molar-refractivity contribution in [3.63, 3.8) is 0 Å². The highest BCUT2D eigenvalue weighted by atomic mass is 16.1. The van der Waals surface area contributed by atoms with E-state index in [1.54, 1.807) is 12.5 Å². The van der Waals surface area contributed by atoms with Crippen molar-refractivity contribution in [1.29, 1.82) is 0 Å². The Labute approximate surface area is 80.6 Å². The van der Waals surface area contributed by atoms with Crippen molar-refractivity contribution in [2.24, 2.45) is 0 Å². The number of Topliss-reactive ketones (excluding diaryl/α,β-unsaturated/α-hetero) is 1. The van der Waals surface area contributed by atoms with Crippen LogP contribution in [-0.2, 0) is 11.2 Å². The number of hydrogen-bond acceptors (Lipinski definition) is 4. The molecule has 2 aromatic heterocycles. The molecule has 0 saturated carbocycles. The van der Waals surface area contributed by atoms with Crippen LogP contribution in [0.5, 0.6) is 0 Å². The van der Waals surface area contributed by atoms with E-state index in [0.717, 1.165) is 5.52 Å². The van der Waals surface area contributed by atoms with E-state index in [9.17, 15) is 4.79 Å². The Hall–Kier alpha value is -1.78. The van der Waals surface area contributed by atoms with Gasteiger partial charge in [-0.1, -0.05) is 6.92 Å². The Morgan fingerprint density at radius 2 is 2.36 bits per heavy atom. The van der Waals surface area contributed by atoms with Gasteiger partial charge >= 0.3 is 0 Å². The molecule has 0 aliphatic heterocycles. The first-order valence-corrected chi connectivity index (χ1v) is 4.46. The van der Waals surface area contributed by atoms with Crippen molar-refractivity contribution in [2.45, 2.75) is 19.8 Å². The van der Waals surface area contributed by atoms with Crippen LogP contribution < -0.4 is 0 Å². The smallest absolute Gasteiger partial charge is 0.160 e. The Morgan fingerprint density at radius 1 is 1.50 bits per heavy atom. The largest absolute Gasteiger partial charge is 0.329 e. The molecule has 0 bridgehead atoms. The van der Waals surface area contributed by atoms with E-state index in [4.69, 9.17) is 0 Å². The van der Waals surface area contributed by atoms with Gasteiger partial charge in [0.2, 0.25) is 0 Å². The Bertz CT molecular complexity index is 463. The zero-order valence-electron chi connectivity index (χ0n) is 7.82. The van der Waals surface area contributed by atoms with Gasteiger partial charge in [-0.3, -0.25) is 4.79 Å². The van der Waals surface area contributed by atoms with Crippen LogP contribution >= 0.6 is 0 Å². The van der Waals surface area contributed by atoms with Crippen molar-refractivity contribution >= 4 is 16.9 Å². The number of carbonyl (C=O) groups excluding carboxylic acids is 1. The van der Waals surface area contributed by atoms with Gasteiger partial charge in [0, 0.05) is 6.42 Å².